The molecular weight excluding hydrogens is 254 g/mol. The third kappa shape index (κ3) is 3.93. The molecular formula is C11H21N3O3S. The van der Waals surface area contributed by atoms with Crippen LogP contribution in [0.2, 0.25) is 0 Å². The van der Waals surface area contributed by atoms with Crippen LogP contribution in [0.4, 0.5) is 0 Å². The predicted molar refractivity (Wildman–Crippen MR) is 69.2 cm³/mol. The summed E-state index contributed by atoms with van der Waals surface area (Å²) in [6.45, 7) is 5.12. The van der Waals surface area contributed by atoms with E-state index >= 15 is 0 Å². The van der Waals surface area contributed by atoms with Crippen molar-refractivity contribution in [1.82, 2.24) is 15.1 Å². The maximum atomic E-state index is 11.9. The average Bonchev–Trinajstić information content (AvgIpc) is 2.38. The van der Waals surface area contributed by atoms with Crippen LogP contribution >= 0.6 is 0 Å². The van der Waals surface area contributed by atoms with Crippen molar-refractivity contribution >= 4 is 15.7 Å². The number of hydrogen-bond acceptors (Lipinski definition) is 5. The van der Waals surface area contributed by atoms with Gasteiger partial charge in [0.2, 0.25) is 5.91 Å². The molecule has 1 N–H and O–H groups in total. The Balaban J connectivity index is 1.70. The van der Waals surface area contributed by atoms with Gasteiger partial charge in [-0.05, 0) is 0 Å². The SMILES string of the molecule is O=C(CCN1CCS(=O)(=O)CC1)N1CCNCC1. The highest BCUT2D eigenvalue weighted by molar-refractivity contribution is 7.91. The molecule has 2 aliphatic rings. The standard InChI is InChI=1S/C11H21N3O3S/c15-11(14-5-2-12-3-6-14)1-4-13-7-9-18(16,17)10-8-13/h12H,1-10H2. The van der Waals surface area contributed by atoms with Crippen molar-refractivity contribution in [1.29, 1.82) is 0 Å². The molecule has 0 aliphatic carbocycles. The van der Waals surface area contributed by atoms with Gasteiger partial charge in [-0.1, -0.05) is 0 Å². The van der Waals surface area contributed by atoms with Gasteiger partial charge in [-0.15, -0.1) is 0 Å². The first-order valence-electron chi connectivity index (χ1n) is 6.48. The Bertz CT molecular complexity index is 376. The Hall–Kier alpha value is -0.660. The molecule has 6 nitrogen and oxygen atoms in total. The molecule has 104 valence electrons. The van der Waals surface area contributed by atoms with Crippen molar-refractivity contribution in [2.45, 2.75) is 6.42 Å². The van der Waals surface area contributed by atoms with Gasteiger partial charge in [-0.2, -0.15) is 0 Å². The summed E-state index contributed by atoms with van der Waals surface area (Å²) in [6, 6.07) is 0. The summed E-state index contributed by atoms with van der Waals surface area (Å²) in [6.07, 6.45) is 0.500. The maximum absolute atomic E-state index is 11.9. The van der Waals surface area contributed by atoms with Crippen LogP contribution in [0.25, 0.3) is 0 Å². The molecule has 0 aromatic rings. The van der Waals surface area contributed by atoms with Gasteiger partial charge in [0.15, 0.2) is 9.84 Å². The smallest absolute Gasteiger partial charge is 0.223 e. The molecule has 0 aromatic heterocycles. The van der Waals surface area contributed by atoms with E-state index in [1.807, 2.05) is 4.90 Å². The van der Waals surface area contributed by atoms with Crippen LogP contribution in [0.1, 0.15) is 6.42 Å². The van der Waals surface area contributed by atoms with Crippen LogP contribution in [0, 0.1) is 0 Å². The van der Waals surface area contributed by atoms with Gasteiger partial charge < -0.3 is 15.1 Å². The number of nitrogens with one attached hydrogen (secondary N) is 1. The quantitative estimate of drug-likeness (QED) is 0.682. The lowest BCUT2D eigenvalue weighted by Gasteiger charge is -2.30. The van der Waals surface area contributed by atoms with Crippen LogP contribution in [-0.4, -0.2) is 81.4 Å². The first kappa shape index (κ1) is 13.8. The third-order valence-electron chi connectivity index (χ3n) is 3.55. The number of rotatable bonds is 3. The summed E-state index contributed by atoms with van der Waals surface area (Å²) >= 11 is 0. The Morgan fingerprint density at radius 2 is 1.67 bits per heavy atom. The van der Waals surface area contributed by atoms with Gasteiger partial charge in [0, 0.05) is 52.2 Å². The van der Waals surface area contributed by atoms with Gasteiger partial charge in [-0.25, -0.2) is 8.42 Å². The number of piperazine rings is 1. The number of nitrogens with zero attached hydrogens (tertiary/aromatic N) is 2. The summed E-state index contributed by atoms with van der Waals surface area (Å²) in [5.41, 5.74) is 0. The van der Waals surface area contributed by atoms with Crippen LogP contribution in [0.15, 0.2) is 0 Å². The molecule has 2 fully saturated rings. The van der Waals surface area contributed by atoms with Crippen LogP contribution in [0.5, 0.6) is 0 Å². The van der Waals surface area contributed by atoms with Crippen LogP contribution in [0.3, 0.4) is 0 Å². The summed E-state index contributed by atoms with van der Waals surface area (Å²) < 4.78 is 22.5. The molecule has 2 saturated heterocycles. The molecule has 0 bridgehead atoms. The molecule has 1 amide bonds. The van der Waals surface area contributed by atoms with Gasteiger partial charge in [-0.3, -0.25) is 4.79 Å². The first-order valence-corrected chi connectivity index (χ1v) is 8.30. The van der Waals surface area contributed by atoms with Gasteiger partial charge in [0.05, 0.1) is 11.5 Å². The predicted octanol–water partition coefficient (Wildman–Crippen LogP) is -1.46. The highest BCUT2D eigenvalue weighted by Gasteiger charge is 2.23. The number of carbonyl (C=O) groups is 1. The summed E-state index contributed by atoms with van der Waals surface area (Å²) in [7, 11) is -2.82. The fourth-order valence-corrected chi connectivity index (χ4v) is 3.58. The minimum atomic E-state index is -2.82. The number of sulfone groups is 1. The zero-order valence-electron chi connectivity index (χ0n) is 10.6. The van der Waals surface area contributed by atoms with E-state index in [-0.39, 0.29) is 17.4 Å². The van der Waals surface area contributed by atoms with E-state index in [4.69, 9.17) is 0 Å². The van der Waals surface area contributed by atoms with E-state index in [1.54, 1.807) is 0 Å². The van der Waals surface area contributed by atoms with Crippen LogP contribution < -0.4 is 5.32 Å². The monoisotopic (exact) mass is 275 g/mol. The van der Waals surface area contributed by atoms with E-state index in [0.29, 0.717) is 26.1 Å². The second kappa shape index (κ2) is 5.99. The molecule has 0 atom stereocenters. The second-order valence-electron chi connectivity index (χ2n) is 4.87. The zero-order valence-corrected chi connectivity index (χ0v) is 11.4. The fraction of sp³-hybridized carbons (Fsp3) is 0.909. The fourth-order valence-electron chi connectivity index (χ4n) is 2.30. The lowest BCUT2D eigenvalue weighted by atomic mass is 10.3. The van der Waals surface area contributed by atoms with Crippen molar-refractivity contribution in [3.05, 3.63) is 0 Å². The molecule has 2 aliphatic heterocycles. The highest BCUT2D eigenvalue weighted by Crippen LogP contribution is 2.05. The normalized spacial score (nSPS) is 25.0. The maximum Gasteiger partial charge on any atom is 0.223 e. The number of hydrogen-bond donors (Lipinski definition) is 1. The molecule has 0 radical (unpaired) electrons. The third-order valence-corrected chi connectivity index (χ3v) is 5.16. The largest absolute Gasteiger partial charge is 0.340 e. The van der Waals surface area contributed by atoms with Crippen molar-refractivity contribution in [3.63, 3.8) is 0 Å². The zero-order chi connectivity index (χ0) is 13.0. The van der Waals surface area contributed by atoms with Crippen molar-refractivity contribution in [2.24, 2.45) is 0 Å². The van der Waals surface area contributed by atoms with E-state index < -0.39 is 9.84 Å². The Morgan fingerprint density at radius 1 is 1.06 bits per heavy atom. The minimum absolute atomic E-state index is 0.185. The molecule has 0 spiro atoms. The van der Waals surface area contributed by atoms with Crippen molar-refractivity contribution in [2.75, 3.05) is 57.3 Å². The summed E-state index contributed by atoms with van der Waals surface area (Å²) in [4.78, 5) is 15.9. The van der Waals surface area contributed by atoms with Crippen LogP contribution in [-0.2, 0) is 14.6 Å². The highest BCUT2D eigenvalue weighted by atomic mass is 32.2. The molecule has 2 rings (SSSR count). The van der Waals surface area contributed by atoms with Gasteiger partial charge >= 0.3 is 0 Å². The van der Waals surface area contributed by atoms with Crippen molar-refractivity contribution in [3.8, 4) is 0 Å². The Morgan fingerprint density at radius 3 is 2.28 bits per heavy atom. The molecule has 18 heavy (non-hydrogen) atoms. The molecule has 0 aromatic carbocycles. The molecule has 0 saturated carbocycles. The van der Waals surface area contributed by atoms with Crippen molar-refractivity contribution < 1.29 is 13.2 Å². The van der Waals surface area contributed by atoms with E-state index in [2.05, 4.69) is 10.2 Å². The lowest BCUT2D eigenvalue weighted by molar-refractivity contribution is -0.132. The Kier molecular flexibility index (Phi) is 4.58. The molecule has 0 unspecified atom stereocenters. The average molecular weight is 275 g/mol. The van der Waals surface area contributed by atoms with Gasteiger partial charge in [0.25, 0.3) is 0 Å². The van der Waals surface area contributed by atoms with E-state index in [0.717, 1.165) is 26.2 Å². The number of carbonyl (C=O) groups excluding carboxylic acids is 1. The molecule has 7 heteroatoms. The lowest BCUT2D eigenvalue weighted by Crippen LogP contribution is -2.47. The van der Waals surface area contributed by atoms with E-state index in [1.165, 1.54) is 0 Å². The number of amides is 1. The Labute approximate surface area is 108 Å². The van der Waals surface area contributed by atoms with Gasteiger partial charge in [0.1, 0.15) is 0 Å². The second-order valence-corrected chi connectivity index (χ2v) is 7.18. The minimum Gasteiger partial charge on any atom is -0.340 e. The summed E-state index contributed by atoms with van der Waals surface area (Å²) in [5.74, 6) is 0.647. The first-order chi connectivity index (χ1) is 8.57. The van der Waals surface area contributed by atoms with E-state index in [9.17, 15) is 13.2 Å². The topological polar surface area (TPSA) is 69.7 Å². The molecule has 2 heterocycles. The summed E-state index contributed by atoms with van der Waals surface area (Å²) in [5, 5.41) is 3.21.